The van der Waals surface area contributed by atoms with Crippen LogP contribution in [0.25, 0.3) is 6.08 Å². The number of nitrogens with zero attached hydrogens (tertiary/aromatic N) is 2. The van der Waals surface area contributed by atoms with Crippen molar-refractivity contribution in [2.45, 2.75) is 33.1 Å². The molecule has 0 bridgehead atoms. The first-order chi connectivity index (χ1) is 14.9. The van der Waals surface area contributed by atoms with Crippen molar-refractivity contribution in [1.29, 1.82) is 0 Å². The van der Waals surface area contributed by atoms with E-state index < -0.39 is 7.82 Å². The van der Waals surface area contributed by atoms with Crippen LogP contribution in [0, 0.1) is 6.92 Å². The first kappa shape index (κ1) is 26.3. The Balaban J connectivity index is 0.000000654. The third kappa shape index (κ3) is 6.53. The van der Waals surface area contributed by atoms with Gasteiger partial charge in [-0.05, 0) is 57.0 Å². The number of hydrogen-bond acceptors (Lipinski definition) is 3. The summed E-state index contributed by atoms with van der Waals surface area (Å²) in [5.74, 6) is 0.648. The molecule has 1 heterocycles. The van der Waals surface area contributed by atoms with Gasteiger partial charge >= 0.3 is 0 Å². The van der Waals surface area contributed by atoms with Gasteiger partial charge in [-0.2, -0.15) is 4.58 Å². The number of hydrogen-bond donors (Lipinski definition) is 2. The van der Waals surface area contributed by atoms with Crippen LogP contribution < -0.4 is 9.79 Å². The molecule has 3 rings (SSSR count). The number of phosphoric acid groups is 1. The highest BCUT2D eigenvalue weighted by Gasteiger charge is 2.42. The molecule has 2 aromatic carbocycles. The number of fused-ring (bicyclic) bond motifs is 1. The van der Waals surface area contributed by atoms with Gasteiger partial charge in [0.25, 0.3) is 7.82 Å². The van der Waals surface area contributed by atoms with Gasteiger partial charge in [-0.25, -0.2) is 0 Å². The van der Waals surface area contributed by atoms with E-state index in [1.807, 2.05) is 0 Å². The van der Waals surface area contributed by atoms with Gasteiger partial charge in [0.05, 0.1) is 5.41 Å². The average Bonchev–Trinajstić information content (AvgIpc) is 2.90. The summed E-state index contributed by atoms with van der Waals surface area (Å²) in [5, 5.41) is 0. The fourth-order valence-electron chi connectivity index (χ4n) is 4.09. The summed E-state index contributed by atoms with van der Waals surface area (Å²) in [6.07, 6.45) is 4.52. The van der Waals surface area contributed by atoms with Crippen LogP contribution in [0.3, 0.4) is 0 Å². The van der Waals surface area contributed by atoms with Gasteiger partial charge in [0.15, 0.2) is 5.71 Å². The lowest BCUT2D eigenvalue weighted by Crippen LogP contribution is -2.26. The summed E-state index contributed by atoms with van der Waals surface area (Å²) >= 11 is 5.94. The highest BCUT2D eigenvalue weighted by Crippen LogP contribution is 2.39. The lowest BCUT2D eigenvalue weighted by molar-refractivity contribution is -0.401. The minimum atomic E-state index is -4.89. The zero-order valence-corrected chi connectivity index (χ0v) is 20.9. The molecule has 0 saturated carbocycles. The number of allylic oxidation sites excluding steroid dienone is 1. The van der Waals surface area contributed by atoms with E-state index in [-0.39, 0.29) is 5.41 Å². The molecule has 0 spiro atoms. The van der Waals surface area contributed by atoms with E-state index in [1.165, 1.54) is 33.8 Å². The van der Waals surface area contributed by atoms with Crippen molar-refractivity contribution >= 4 is 42.6 Å². The first-order valence-electron chi connectivity index (χ1n) is 10.5. The topological polar surface area (TPSA) is 86.8 Å². The fraction of sp³-hybridized carbons (Fsp3) is 0.375. The third-order valence-corrected chi connectivity index (χ3v) is 5.88. The average molecular weight is 479 g/mol. The molecule has 0 saturated heterocycles. The lowest BCUT2D eigenvalue weighted by atomic mass is 9.81. The molecule has 0 fully saturated rings. The Kier molecular flexibility index (Phi) is 8.86. The van der Waals surface area contributed by atoms with Crippen molar-refractivity contribution in [2.75, 3.05) is 30.9 Å². The Bertz CT molecular complexity index is 1050. The van der Waals surface area contributed by atoms with E-state index in [0.717, 1.165) is 13.1 Å². The zero-order valence-electron chi connectivity index (χ0n) is 19.2. The third-order valence-electron chi connectivity index (χ3n) is 5.72. The maximum Gasteiger partial charge on any atom is 0.262 e. The number of para-hydroxylation sites is 1. The van der Waals surface area contributed by atoms with Gasteiger partial charge < -0.3 is 19.6 Å². The van der Waals surface area contributed by atoms with Crippen molar-refractivity contribution in [2.24, 2.45) is 0 Å². The molecule has 32 heavy (non-hydrogen) atoms. The van der Waals surface area contributed by atoms with Crippen LogP contribution in [0.15, 0.2) is 48.5 Å². The second-order valence-electron chi connectivity index (χ2n) is 8.22. The fourth-order valence-corrected chi connectivity index (χ4v) is 4.29. The highest BCUT2D eigenvalue weighted by molar-refractivity contribution is 7.43. The minimum absolute atomic E-state index is 0.00897. The normalized spacial score (nSPS) is 14.9. The molecule has 174 valence electrons. The maximum absolute atomic E-state index is 8.77. The quantitative estimate of drug-likeness (QED) is 0.369. The molecule has 0 amide bonds. The van der Waals surface area contributed by atoms with Crippen molar-refractivity contribution in [1.82, 2.24) is 0 Å². The second-order valence-corrected chi connectivity index (χ2v) is 9.58. The number of benzene rings is 2. The molecule has 8 heteroatoms. The van der Waals surface area contributed by atoms with Crippen molar-refractivity contribution in [3.8, 4) is 0 Å². The Labute approximate surface area is 195 Å². The van der Waals surface area contributed by atoms with Gasteiger partial charge in [-0.15, -0.1) is 11.6 Å². The molecule has 1 aliphatic rings. The van der Waals surface area contributed by atoms with E-state index in [0.29, 0.717) is 5.88 Å². The second kappa shape index (κ2) is 10.8. The zero-order chi connectivity index (χ0) is 24.1. The first-order valence-corrected chi connectivity index (χ1v) is 12.5. The predicted octanol–water partition coefficient (Wildman–Crippen LogP) is 4.22. The van der Waals surface area contributed by atoms with Crippen molar-refractivity contribution < 1.29 is 23.8 Å². The van der Waals surface area contributed by atoms with Crippen molar-refractivity contribution in [3.05, 3.63) is 65.2 Å². The summed E-state index contributed by atoms with van der Waals surface area (Å²) in [6.45, 7) is 10.8. The van der Waals surface area contributed by atoms with Crippen LogP contribution in [0.2, 0.25) is 0 Å². The number of rotatable bonds is 6. The SMILES string of the molecule is CCN(CCCl)c1ccc(/C=C/C2=[N+](C)c3ccccc3C2(C)C)c(C)c1.O=P([O-])(O)O. The van der Waals surface area contributed by atoms with Gasteiger partial charge in [-0.1, -0.05) is 24.3 Å². The Morgan fingerprint density at radius 3 is 2.34 bits per heavy atom. The van der Waals surface area contributed by atoms with Gasteiger partial charge in [0, 0.05) is 42.4 Å². The van der Waals surface area contributed by atoms with Crippen LogP contribution in [0.1, 0.15) is 37.5 Å². The Morgan fingerprint density at radius 1 is 1.19 bits per heavy atom. The predicted molar refractivity (Wildman–Crippen MR) is 131 cm³/mol. The standard InChI is InChI=1S/C24H30ClN2.H3O4P/c1-6-27(16-15-25)20-13-11-19(18(2)17-20)12-14-23-24(3,4)21-9-7-8-10-22(21)26(23)5;1-5(2,3)4/h7-14,17H,6,15-16H2,1-5H3;(H3,1,2,3,4)/q+1;/p-1. The number of aryl methyl sites for hydroxylation is 1. The Hall–Kier alpha value is -1.95. The van der Waals surface area contributed by atoms with E-state index in [4.69, 9.17) is 30.8 Å². The van der Waals surface area contributed by atoms with E-state index in [1.54, 1.807) is 0 Å². The summed E-state index contributed by atoms with van der Waals surface area (Å²) in [4.78, 5) is 25.2. The number of anilines is 1. The molecular formula is C24H32ClN2O4P. The van der Waals surface area contributed by atoms with Crippen LogP contribution in [-0.2, 0) is 9.98 Å². The van der Waals surface area contributed by atoms with Crippen molar-refractivity contribution in [3.63, 3.8) is 0 Å². The highest BCUT2D eigenvalue weighted by atomic mass is 35.5. The summed E-state index contributed by atoms with van der Waals surface area (Å²) in [5.41, 5.74) is 7.81. The maximum atomic E-state index is 8.77. The molecule has 2 N–H and O–H groups in total. The molecule has 1 aliphatic heterocycles. The molecule has 6 nitrogen and oxygen atoms in total. The van der Waals surface area contributed by atoms with Gasteiger partial charge in [0.2, 0.25) is 5.69 Å². The van der Waals surface area contributed by atoms with Crippen LogP contribution in [0.5, 0.6) is 0 Å². The summed E-state index contributed by atoms with van der Waals surface area (Å²) in [7, 11) is -2.73. The number of halogens is 1. The lowest BCUT2D eigenvalue weighted by Gasteiger charge is -2.22. The minimum Gasteiger partial charge on any atom is -0.756 e. The van der Waals surface area contributed by atoms with Gasteiger partial charge in [0.1, 0.15) is 7.05 Å². The molecule has 0 unspecified atom stereocenters. The largest absolute Gasteiger partial charge is 0.756 e. The monoisotopic (exact) mass is 478 g/mol. The van der Waals surface area contributed by atoms with Crippen LogP contribution >= 0.6 is 19.4 Å². The van der Waals surface area contributed by atoms with Crippen LogP contribution in [0.4, 0.5) is 11.4 Å². The molecule has 0 aromatic heterocycles. The van der Waals surface area contributed by atoms with Crippen LogP contribution in [-0.4, -0.2) is 46.1 Å². The molecule has 0 aliphatic carbocycles. The van der Waals surface area contributed by atoms with E-state index >= 15 is 0 Å². The molecular weight excluding hydrogens is 447 g/mol. The molecule has 2 aromatic rings. The number of alkyl halides is 1. The van der Waals surface area contributed by atoms with E-state index in [2.05, 4.69) is 98.8 Å². The Morgan fingerprint density at radius 2 is 1.81 bits per heavy atom. The van der Waals surface area contributed by atoms with E-state index in [9.17, 15) is 0 Å². The summed E-state index contributed by atoms with van der Waals surface area (Å²) in [6, 6.07) is 15.4. The molecule has 0 atom stereocenters. The smallest absolute Gasteiger partial charge is 0.262 e. The molecule has 0 radical (unpaired) electrons. The summed E-state index contributed by atoms with van der Waals surface area (Å²) < 4.78 is 11.1. The van der Waals surface area contributed by atoms with Gasteiger partial charge in [-0.3, -0.25) is 4.57 Å².